The lowest BCUT2D eigenvalue weighted by Gasteiger charge is -2.21. The monoisotopic (exact) mass is 168 g/mol. The van der Waals surface area contributed by atoms with E-state index in [0.29, 0.717) is 0 Å². The van der Waals surface area contributed by atoms with Gasteiger partial charge in [0, 0.05) is 0 Å². The van der Waals surface area contributed by atoms with Gasteiger partial charge in [-0.1, -0.05) is 0 Å². The van der Waals surface area contributed by atoms with Crippen molar-refractivity contribution >= 4 is 5.91 Å². The largest absolute Gasteiger partial charge is 0.387 e. The summed E-state index contributed by atoms with van der Waals surface area (Å²) in [5, 5.41) is 19.8. The van der Waals surface area contributed by atoms with Gasteiger partial charge in [-0.3, -0.25) is 4.79 Å². The van der Waals surface area contributed by atoms with Gasteiger partial charge < -0.3 is 10.4 Å². The Morgan fingerprint density at radius 3 is 2.75 bits per heavy atom. The van der Waals surface area contributed by atoms with E-state index >= 15 is 0 Å². The average Bonchev–Trinajstić information content (AvgIpc) is 2.86. The van der Waals surface area contributed by atoms with Crippen molar-refractivity contribution in [2.24, 2.45) is 5.92 Å². The smallest absolute Gasteiger partial charge is 0.246 e. The lowest BCUT2D eigenvalue weighted by atomic mass is 9.98. The van der Waals surface area contributed by atoms with Crippen molar-refractivity contribution in [1.29, 1.82) is 5.26 Å². The fraction of sp³-hybridized carbons (Fsp3) is 0.750. The predicted molar refractivity (Wildman–Crippen MR) is 42.0 cm³/mol. The molecular weight excluding hydrogens is 156 g/mol. The first-order valence-corrected chi connectivity index (χ1v) is 3.95. The lowest BCUT2D eigenvalue weighted by Crippen LogP contribution is -2.47. The van der Waals surface area contributed by atoms with Crippen molar-refractivity contribution in [2.75, 3.05) is 6.61 Å². The van der Waals surface area contributed by atoms with E-state index in [1.54, 1.807) is 6.92 Å². The van der Waals surface area contributed by atoms with Gasteiger partial charge in [0.25, 0.3) is 0 Å². The minimum atomic E-state index is -0.778. The van der Waals surface area contributed by atoms with Crippen LogP contribution >= 0.6 is 0 Å². The molecule has 66 valence electrons. The Labute approximate surface area is 71.2 Å². The Morgan fingerprint density at radius 2 is 2.42 bits per heavy atom. The van der Waals surface area contributed by atoms with Gasteiger partial charge in [-0.2, -0.15) is 5.26 Å². The third kappa shape index (κ3) is 1.74. The van der Waals surface area contributed by atoms with Crippen LogP contribution in [0.4, 0.5) is 0 Å². The molecule has 1 aliphatic carbocycles. The molecule has 1 rings (SSSR count). The van der Waals surface area contributed by atoms with Crippen LogP contribution in [0.25, 0.3) is 0 Å². The molecule has 0 bridgehead atoms. The molecule has 1 atom stereocenters. The Bertz CT molecular complexity index is 230. The van der Waals surface area contributed by atoms with Crippen LogP contribution in [-0.2, 0) is 4.79 Å². The number of nitriles is 1. The summed E-state index contributed by atoms with van der Waals surface area (Å²) in [5.74, 6) is -0.219. The maximum absolute atomic E-state index is 10.8. The summed E-state index contributed by atoms with van der Waals surface area (Å²) in [6, 6.07) is 2.06. The van der Waals surface area contributed by atoms with E-state index in [4.69, 9.17) is 10.4 Å². The van der Waals surface area contributed by atoms with Gasteiger partial charge in [0.15, 0.2) is 0 Å². The van der Waals surface area contributed by atoms with Crippen molar-refractivity contribution in [1.82, 2.24) is 5.32 Å². The molecule has 0 aromatic heterocycles. The third-order valence-corrected chi connectivity index (χ3v) is 2.17. The van der Waals surface area contributed by atoms with Crippen LogP contribution in [0.3, 0.4) is 0 Å². The molecule has 1 unspecified atom stereocenters. The minimum Gasteiger partial charge on any atom is -0.387 e. The summed E-state index contributed by atoms with van der Waals surface area (Å²) >= 11 is 0. The van der Waals surface area contributed by atoms with Crippen molar-refractivity contribution < 1.29 is 9.90 Å². The average molecular weight is 168 g/mol. The molecule has 4 nitrogen and oxygen atoms in total. The molecule has 0 saturated heterocycles. The van der Waals surface area contributed by atoms with Gasteiger partial charge in [-0.05, 0) is 25.7 Å². The van der Waals surface area contributed by atoms with Crippen LogP contribution in [0, 0.1) is 17.2 Å². The lowest BCUT2D eigenvalue weighted by molar-refractivity contribution is -0.125. The van der Waals surface area contributed by atoms with Crippen molar-refractivity contribution in [2.45, 2.75) is 25.3 Å². The zero-order chi connectivity index (χ0) is 9.19. The van der Waals surface area contributed by atoms with Gasteiger partial charge in [0.1, 0.15) is 12.1 Å². The topological polar surface area (TPSA) is 73.1 Å². The molecule has 1 amide bonds. The Hall–Kier alpha value is -1.08. The zero-order valence-electron chi connectivity index (χ0n) is 7.00. The van der Waals surface area contributed by atoms with Crippen molar-refractivity contribution in [3.8, 4) is 6.07 Å². The maximum atomic E-state index is 10.8. The number of aliphatic hydroxyl groups excluding tert-OH is 1. The summed E-state index contributed by atoms with van der Waals surface area (Å²) in [5.41, 5.74) is -0.778. The van der Waals surface area contributed by atoms with Gasteiger partial charge >= 0.3 is 0 Å². The van der Waals surface area contributed by atoms with Crippen LogP contribution in [-0.4, -0.2) is 23.2 Å². The molecule has 0 radical (unpaired) electrons. The molecular formula is C8H12N2O2. The second kappa shape index (κ2) is 3.11. The molecule has 0 spiro atoms. The summed E-state index contributed by atoms with van der Waals surface area (Å²) in [4.78, 5) is 10.8. The van der Waals surface area contributed by atoms with Crippen LogP contribution in [0.15, 0.2) is 0 Å². The second-order valence-electron chi connectivity index (χ2n) is 3.29. The quantitative estimate of drug-likeness (QED) is 0.612. The zero-order valence-corrected chi connectivity index (χ0v) is 7.00. The Kier molecular flexibility index (Phi) is 2.34. The number of amides is 1. The molecule has 1 saturated carbocycles. The molecule has 2 N–H and O–H groups in total. The summed E-state index contributed by atoms with van der Waals surface area (Å²) < 4.78 is 0. The highest BCUT2D eigenvalue weighted by atomic mass is 16.3. The molecule has 0 aromatic rings. The molecule has 12 heavy (non-hydrogen) atoms. The van der Waals surface area contributed by atoms with Crippen LogP contribution in [0.5, 0.6) is 0 Å². The van der Waals surface area contributed by atoms with E-state index in [2.05, 4.69) is 11.4 Å². The summed E-state index contributed by atoms with van der Waals surface area (Å²) in [6.07, 6.45) is 1.96. The molecule has 1 aliphatic rings. The van der Waals surface area contributed by atoms with E-state index in [0.717, 1.165) is 12.8 Å². The van der Waals surface area contributed by atoms with Crippen LogP contribution < -0.4 is 5.32 Å². The number of nitrogens with zero attached hydrogens (tertiary/aromatic N) is 1. The predicted octanol–water partition coefficient (Wildman–Crippen LogP) is -0.213. The number of hydrogen-bond donors (Lipinski definition) is 2. The number of carbonyl (C=O) groups is 1. The highest BCUT2D eigenvalue weighted by molar-refractivity contribution is 5.78. The first kappa shape index (κ1) is 9.01. The van der Waals surface area contributed by atoms with E-state index < -0.39 is 18.1 Å². The number of carbonyl (C=O) groups excluding carboxylic acids is 1. The highest BCUT2D eigenvalue weighted by Gasteiger charge is 2.42. The highest BCUT2D eigenvalue weighted by Crippen LogP contribution is 2.38. The summed E-state index contributed by atoms with van der Waals surface area (Å²) in [6.45, 7) is 1.14. The van der Waals surface area contributed by atoms with Gasteiger partial charge in [0.2, 0.25) is 5.91 Å². The minimum absolute atomic E-state index is 0.262. The van der Waals surface area contributed by atoms with E-state index in [9.17, 15) is 4.79 Å². The Balaban J connectivity index is 2.56. The number of hydrogen-bond acceptors (Lipinski definition) is 3. The standard InChI is InChI=1S/C8H12N2O2/c1-8(5-9,6-2-3-6)10-7(12)4-11/h6,11H,2-4H2,1H3,(H,10,12). The van der Waals surface area contributed by atoms with Gasteiger partial charge in [-0.15, -0.1) is 0 Å². The number of aliphatic hydroxyl groups is 1. The molecule has 0 aliphatic heterocycles. The molecule has 0 aromatic carbocycles. The van der Waals surface area contributed by atoms with E-state index in [-0.39, 0.29) is 5.92 Å². The third-order valence-electron chi connectivity index (χ3n) is 2.17. The second-order valence-corrected chi connectivity index (χ2v) is 3.29. The Morgan fingerprint density at radius 1 is 1.83 bits per heavy atom. The normalized spacial score (nSPS) is 20.8. The molecule has 0 heterocycles. The molecule has 1 fully saturated rings. The van der Waals surface area contributed by atoms with E-state index in [1.807, 2.05) is 0 Å². The maximum Gasteiger partial charge on any atom is 0.246 e. The van der Waals surface area contributed by atoms with Gasteiger partial charge in [-0.25, -0.2) is 0 Å². The molecule has 4 heteroatoms. The van der Waals surface area contributed by atoms with Crippen molar-refractivity contribution in [3.63, 3.8) is 0 Å². The number of nitrogens with one attached hydrogen (secondary N) is 1. The SMILES string of the molecule is CC(C#N)(NC(=O)CO)C1CC1. The van der Waals surface area contributed by atoms with E-state index in [1.165, 1.54) is 0 Å². The first-order valence-electron chi connectivity index (χ1n) is 3.95. The van der Waals surface area contributed by atoms with Crippen LogP contribution in [0.1, 0.15) is 19.8 Å². The summed E-state index contributed by atoms with van der Waals surface area (Å²) in [7, 11) is 0. The van der Waals surface area contributed by atoms with Gasteiger partial charge in [0.05, 0.1) is 6.07 Å². The fourth-order valence-corrected chi connectivity index (χ4v) is 1.21. The van der Waals surface area contributed by atoms with Crippen molar-refractivity contribution in [3.05, 3.63) is 0 Å². The number of rotatable bonds is 3. The first-order chi connectivity index (χ1) is 5.62. The van der Waals surface area contributed by atoms with Crippen LogP contribution in [0.2, 0.25) is 0 Å². The fourth-order valence-electron chi connectivity index (χ4n) is 1.21.